The van der Waals surface area contributed by atoms with E-state index in [-0.39, 0.29) is 37.9 Å². The van der Waals surface area contributed by atoms with Crippen LogP contribution >= 0.6 is 0 Å². The first-order valence-electron chi connectivity index (χ1n) is 12.1. The molecule has 0 aliphatic rings. The maximum absolute atomic E-state index is 12.4. The quantitative estimate of drug-likeness (QED) is 0.265. The van der Waals surface area contributed by atoms with Crippen molar-refractivity contribution in [1.82, 2.24) is 0 Å². The fourth-order valence-electron chi connectivity index (χ4n) is 3.65. The van der Waals surface area contributed by atoms with E-state index in [2.05, 4.69) is 9.98 Å². The Morgan fingerprint density at radius 3 is 1.44 bits per heavy atom. The van der Waals surface area contributed by atoms with Crippen LogP contribution in [0.5, 0.6) is 0 Å². The van der Waals surface area contributed by atoms with Crippen LogP contribution in [0.4, 0.5) is 0 Å². The maximum Gasteiger partial charge on any atom is 0.184 e. The molecule has 0 aliphatic heterocycles. The largest absolute Gasteiger partial charge is 0.396 e. The number of ketones is 2. The molecule has 186 valence electrons. The third-order valence-electron chi connectivity index (χ3n) is 5.66. The minimum absolute atomic E-state index is 0.0571. The second kappa shape index (κ2) is 14.6. The number of benzene rings is 3. The summed E-state index contributed by atoms with van der Waals surface area (Å²) in [5.41, 5.74) is 5.11. The summed E-state index contributed by atoms with van der Waals surface area (Å²) in [7, 11) is 0. The fraction of sp³-hybridized carbons (Fsp3) is 0.267. The van der Waals surface area contributed by atoms with Gasteiger partial charge in [0.15, 0.2) is 11.6 Å². The Balaban J connectivity index is 1.50. The van der Waals surface area contributed by atoms with Gasteiger partial charge >= 0.3 is 0 Å². The first-order chi connectivity index (χ1) is 17.6. The third-order valence-corrected chi connectivity index (χ3v) is 5.66. The van der Waals surface area contributed by atoms with Crippen LogP contribution in [0.25, 0.3) is 0 Å². The predicted molar refractivity (Wildman–Crippen MR) is 144 cm³/mol. The van der Waals surface area contributed by atoms with E-state index in [9.17, 15) is 9.59 Å². The molecule has 0 radical (unpaired) electrons. The van der Waals surface area contributed by atoms with Crippen molar-refractivity contribution in [3.05, 3.63) is 106 Å². The van der Waals surface area contributed by atoms with E-state index in [0.29, 0.717) is 24.0 Å². The van der Waals surface area contributed by atoms with Crippen molar-refractivity contribution >= 4 is 24.0 Å². The molecule has 0 amide bonds. The molecule has 6 nitrogen and oxygen atoms in total. The van der Waals surface area contributed by atoms with Crippen LogP contribution in [-0.4, -0.2) is 60.5 Å². The monoisotopic (exact) mass is 484 g/mol. The number of aryl methyl sites for hydroxylation is 2. The minimum atomic E-state index is -0.0578. The van der Waals surface area contributed by atoms with E-state index in [1.54, 1.807) is 36.7 Å². The lowest BCUT2D eigenvalue weighted by molar-refractivity contribution is 0.0994. The molecule has 3 aromatic carbocycles. The Bertz CT molecular complexity index is 1090. The SMILES string of the molecule is O=C(CN=Cc1cccc(C=NCC(=O)c2ccc(CCCO)cc2)c1)c1ccc(CCCO)cc1. The van der Waals surface area contributed by atoms with Crippen LogP contribution in [0, 0.1) is 0 Å². The summed E-state index contributed by atoms with van der Waals surface area (Å²) in [6, 6.07) is 22.4. The Kier molecular flexibility index (Phi) is 10.9. The summed E-state index contributed by atoms with van der Waals surface area (Å²) in [6.45, 7) is 0.424. The predicted octanol–water partition coefficient (Wildman–Crippen LogP) is 4.14. The van der Waals surface area contributed by atoms with Crippen LogP contribution in [0.3, 0.4) is 0 Å². The number of Topliss-reactive ketones (excluding diaryl/α,β-unsaturated/α-hetero) is 2. The number of hydrogen-bond donors (Lipinski definition) is 2. The smallest absolute Gasteiger partial charge is 0.184 e. The number of nitrogens with zero attached hydrogens (tertiary/aromatic N) is 2. The highest BCUT2D eigenvalue weighted by Gasteiger charge is 2.06. The lowest BCUT2D eigenvalue weighted by Gasteiger charge is -2.02. The minimum Gasteiger partial charge on any atom is -0.396 e. The van der Waals surface area contributed by atoms with Crippen molar-refractivity contribution in [3.8, 4) is 0 Å². The van der Waals surface area contributed by atoms with E-state index < -0.39 is 0 Å². The summed E-state index contributed by atoms with van der Waals surface area (Å²) >= 11 is 0. The number of aliphatic hydroxyl groups is 2. The molecule has 0 spiro atoms. The van der Waals surface area contributed by atoms with Gasteiger partial charge in [-0.25, -0.2) is 0 Å². The van der Waals surface area contributed by atoms with E-state index in [0.717, 1.165) is 35.1 Å². The summed E-state index contributed by atoms with van der Waals surface area (Å²) in [6.07, 6.45) is 6.31. The van der Waals surface area contributed by atoms with Gasteiger partial charge in [0.05, 0.1) is 0 Å². The van der Waals surface area contributed by atoms with Gasteiger partial charge in [0, 0.05) is 36.8 Å². The maximum atomic E-state index is 12.4. The number of carbonyl (C=O) groups excluding carboxylic acids is 2. The number of aliphatic imine (C=N–C) groups is 2. The van der Waals surface area contributed by atoms with E-state index >= 15 is 0 Å². The van der Waals surface area contributed by atoms with E-state index in [4.69, 9.17) is 10.2 Å². The van der Waals surface area contributed by atoms with Gasteiger partial charge in [-0.05, 0) is 54.0 Å². The zero-order chi connectivity index (χ0) is 25.6. The molecular formula is C30H32N2O4. The van der Waals surface area contributed by atoms with Crippen LogP contribution in [0.15, 0.2) is 82.8 Å². The molecule has 0 bridgehead atoms. The molecule has 3 aromatic rings. The fourth-order valence-corrected chi connectivity index (χ4v) is 3.65. The van der Waals surface area contributed by atoms with Crippen molar-refractivity contribution < 1.29 is 19.8 Å². The molecule has 2 N–H and O–H groups in total. The van der Waals surface area contributed by atoms with E-state index in [1.807, 2.05) is 48.5 Å². The second-order valence-corrected chi connectivity index (χ2v) is 8.50. The van der Waals surface area contributed by atoms with Gasteiger partial charge in [-0.3, -0.25) is 19.6 Å². The number of rotatable bonds is 14. The molecule has 0 saturated carbocycles. The van der Waals surface area contributed by atoms with Gasteiger partial charge in [0.2, 0.25) is 0 Å². The molecule has 0 atom stereocenters. The number of aliphatic hydroxyl groups excluding tert-OH is 2. The van der Waals surface area contributed by atoms with E-state index in [1.165, 1.54) is 0 Å². The molecule has 0 fully saturated rings. The van der Waals surface area contributed by atoms with Crippen molar-refractivity contribution in [2.24, 2.45) is 9.98 Å². The first kappa shape index (κ1) is 26.9. The average Bonchev–Trinajstić information content (AvgIpc) is 2.91. The first-order valence-corrected chi connectivity index (χ1v) is 12.1. The van der Waals surface area contributed by atoms with Crippen molar-refractivity contribution in [3.63, 3.8) is 0 Å². The van der Waals surface area contributed by atoms with Crippen LogP contribution in [0.2, 0.25) is 0 Å². The highest BCUT2D eigenvalue weighted by Crippen LogP contribution is 2.09. The normalized spacial score (nSPS) is 11.4. The van der Waals surface area contributed by atoms with Crippen molar-refractivity contribution in [2.45, 2.75) is 25.7 Å². The molecule has 6 heteroatoms. The summed E-state index contributed by atoms with van der Waals surface area (Å²) in [4.78, 5) is 33.4. The Hall–Kier alpha value is -3.74. The van der Waals surface area contributed by atoms with Gasteiger partial charge in [-0.15, -0.1) is 0 Å². The highest BCUT2D eigenvalue weighted by atomic mass is 16.3. The molecule has 0 heterocycles. The molecule has 0 aromatic heterocycles. The van der Waals surface area contributed by atoms with Crippen molar-refractivity contribution in [1.29, 1.82) is 0 Å². The van der Waals surface area contributed by atoms with Gasteiger partial charge in [0.25, 0.3) is 0 Å². The topological polar surface area (TPSA) is 99.3 Å². The number of carbonyl (C=O) groups is 2. The zero-order valence-corrected chi connectivity index (χ0v) is 20.3. The molecule has 0 aliphatic carbocycles. The summed E-state index contributed by atoms with van der Waals surface area (Å²) < 4.78 is 0. The third kappa shape index (κ3) is 8.80. The average molecular weight is 485 g/mol. The molecule has 0 unspecified atom stereocenters. The molecule has 36 heavy (non-hydrogen) atoms. The Morgan fingerprint density at radius 1 is 0.639 bits per heavy atom. The summed E-state index contributed by atoms with van der Waals surface area (Å²) in [5.74, 6) is -0.116. The number of hydrogen-bond acceptors (Lipinski definition) is 6. The van der Waals surface area contributed by atoms with Gasteiger partial charge in [-0.2, -0.15) is 0 Å². The molecule has 0 saturated heterocycles. The Labute approximate surface area is 212 Å². The summed E-state index contributed by atoms with van der Waals surface area (Å²) in [5, 5.41) is 17.8. The standard InChI is InChI=1S/C30H32N2O4/c33-16-2-6-23-8-12-27(13-9-23)29(35)21-31-19-25-4-1-5-26(18-25)20-32-22-30(36)28-14-10-24(11-15-28)7-3-17-34/h1,4-5,8-15,18-20,33-34H,2-3,6-7,16-17,21-22H2. The van der Waals surface area contributed by atoms with Gasteiger partial charge in [-0.1, -0.05) is 66.7 Å². The van der Waals surface area contributed by atoms with Gasteiger partial charge < -0.3 is 10.2 Å². The Morgan fingerprint density at radius 2 is 1.06 bits per heavy atom. The van der Waals surface area contributed by atoms with Crippen molar-refractivity contribution in [2.75, 3.05) is 26.3 Å². The zero-order valence-electron chi connectivity index (χ0n) is 20.3. The van der Waals surface area contributed by atoms with Crippen LogP contribution < -0.4 is 0 Å². The lowest BCUT2D eigenvalue weighted by atomic mass is 10.1. The molecular weight excluding hydrogens is 452 g/mol. The second-order valence-electron chi connectivity index (χ2n) is 8.50. The van der Waals surface area contributed by atoms with Crippen LogP contribution in [-0.2, 0) is 12.8 Å². The van der Waals surface area contributed by atoms with Crippen LogP contribution in [0.1, 0.15) is 55.8 Å². The highest BCUT2D eigenvalue weighted by molar-refractivity contribution is 5.99. The van der Waals surface area contributed by atoms with Gasteiger partial charge in [0.1, 0.15) is 13.1 Å². The lowest BCUT2D eigenvalue weighted by Crippen LogP contribution is -2.04. The molecule has 3 rings (SSSR count).